The zero-order chi connectivity index (χ0) is 77.5. The summed E-state index contributed by atoms with van der Waals surface area (Å²) in [6.07, 6.45) is 43.3. The van der Waals surface area contributed by atoms with Gasteiger partial charge in [-0.15, -0.1) is 0 Å². The van der Waals surface area contributed by atoms with E-state index in [4.69, 9.17) is 18.6 Å². The second-order valence-electron chi connectivity index (χ2n) is 36.4. The van der Waals surface area contributed by atoms with Crippen LogP contribution in [-0.2, 0) is 68.0 Å². The zero-order valence-corrected chi connectivity index (χ0v) is 71.3. The van der Waals surface area contributed by atoms with E-state index in [1.807, 2.05) is 0 Å². The molecule has 0 aromatic heterocycles. The highest BCUT2D eigenvalue weighted by Gasteiger charge is 2.55. The highest BCUT2D eigenvalue weighted by atomic mass is 16.7. The predicted octanol–water partition coefficient (Wildman–Crippen LogP) is 28.0. The van der Waals surface area contributed by atoms with Crippen LogP contribution in [0.2, 0.25) is 0 Å². The Morgan fingerprint density at radius 2 is 0.473 bits per heavy atom. The number of benzene rings is 8. The Morgan fingerprint density at radius 3 is 0.755 bits per heavy atom. The van der Waals surface area contributed by atoms with E-state index in [0.29, 0.717) is 0 Å². The quantitative estimate of drug-likeness (QED) is 0.0282. The SMILES string of the molecule is CCCCCCc1ccc(-c2ccc3c(c2)C(CCCCCCC2(c4cc(CCCCCC)cc(CCCCCC)c4)c4cc(B5OC(C)(C)C(C)(C)O5)ccc4-c4ccc(B5OC(C)(C)C(C)(C)O5)cc42)(c2cc(CCCCCC)cc(CCCCCC)c2)c2cc(-c4ccc(CCCCCC)cc4)ccc2-3)cc1. The van der Waals surface area contributed by atoms with Gasteiger partial charge in [-0.3, -0.25) is 0 Å². The van der Waals surface area contributed by atoms with Crippen molar-refractivity contribution >= 4 is 25.2 Å². The van der Waals surface area contributed by atoms with Crippen LogP contribution in [0.3, 0.4) is 0 Å². The van der Waals surface area contributed by atoms with Gasteiger partial charge in [-0.05, 0) is 280 Å². The fourth-order valence-electron chi connectivity index (χ4n) is 18.9. The van der Waals surface area contributed by atoms with Crippen LogP contribution >= 0.6 is 0 Å². The first-order valence-electron chi connectivity index (χ1n) is 45.0. The summed E-state index contributed by atoms with van der Waals surface area (Å²) in [4.78, 5) is 0. The molecule has 0 saturated carbocycles. The Morgan fingerprint density at radius 1 is 0.227 bits per heavy atom. The molecule has 2 fully saturated rings. The van der Waals surface area contributed by atoms with Gasteiger partial charge >= 0.3 is 14.2 Å². The molecule has 0 atom stereocenters. The van der Waals surface area contributed by atoms with E-state index < -0.39 is 47.5 Å². The smallest absolute Gasteiger partial charge is 0.399 e. The van der Waals surface area contributed by atoms with Crippen LogP contribution in [0.5, 0.6) is 0 Å². The average Bonchev–Trinajstić information content (AvgIpc) is 1.54. The second kappa shape index (κ2) is 37.8. The first kappa shape index (κ1) is 83.2. The third kappa shape index (κ3) is 18.7. The molecule has 0 amide bonds. The van der Waals surface area contributed by atoms with Crippen LogP contribution in [0.1, 0.15) is 356 Å². The summed E-state index contributed by atoms with van der Waals surface area (Å²) in [6, 6.07) is 65.3. The van der Waals surface area contributed by atoms with Gasteiger partial charge in [-0.1, -0.05) is 328 Å². The van der Waals surface area contributed by atoms with Gasteiger partial charge in [0, 0.05) is 10.8 Å². The van der Waals surface area contributed by atoms with Crippen molar-refractivity contribution in [2.45, 2.75) is 361 Å². The number of rotatable bonds is 43. The molecular weight excluding hydrogens is 1330 g/mol. The molecule has 0 N–H and O–H groups in total. The lowest BCUT2D eigenvalue weighted by atomic mass is 9.65. The summed E-state index contributed by atoms with van der Waals surface area (Å²) < 4.78 is 28.1. The Hall–Kier alpha value is -6.27. The van der Waals surface area contributed by atoms with Crippen molar-refractivity contribution in [2.75, 3.05) is 0 Å². The highest BCUT2D eigenvalue weighted by Crippen LogP contribution is 2.59. The first-order valence-corrected chi connectivity index (χ1v) is 45.0. The fraction of sp³-hybridized carbons (Fsp3) is 0.538. The minimum absolute atomic E-state index is 0.393. The van der Waals surface area contributed by atoms with Gasteiger partial charge in [0.1, 0.15) is 0 Å². The van der Waals surface area contributed by atoms with Crippen molar-refractivity contribution < 1.29 is 18.6 Å². The maximum absolute atomic E-state index is 7.02. The molecule has 2 saturated heterocycles. The lowest BCUT2D eigenvalue weighted by Gasteiger charge is -2.35. The van der Waals surface area contributed by atoms with Gasteiger partial charge in [0.15, 0.2) is 0 Å². The summed E-state index contributed by atoms with van der Waals surface area (Å²) in [5.41, 5.74) is 27.6. The van der Waals surface area contributed by atoms with Gasteiger partial charge in [-0.2, -0.15) is 0 Å². The molecule has 12 rings (SSSR count). The number of hydrogen-bond donors (Lipinski definition) is 0. The standard InChI is InChI=1S/C104H140B2O4/c1-15-21-27-35-43-77-49-53-83(54-50-77)85-57-61-91-92-62-58-86(84-55-51-78(52-56-84)44-36-28-22-16-2)74-96(92)103(95(91)73-85,87-69-79(45-37-29-23-17-3)67-80(70-87)46-38-30-24-18-4)65-41-33-34-42-66-104(88-71-81(47-39-31-25-19-5)68-82(72-88)48-40-32-26-20-6)97-75-89(105-107-99(7,8)100(9,10)108-105)59-63-93(97)94-64-60-90(76-98(94)104)106-109-101(11,12)102(13,14)110-106/h49-64,67-76H,15-48,65-66H2,1-14H3. The number of unbranched alkanes of at least 4 members (excludes halogenated alkanes) is 21. The topological polar surface area (TPSA) is 36.9 Å². The maximum atomic E-state index is 7.02. The molecule has 586 valence electrons. The molecule has 0 radical (unpaired) electrons. The molecule has 6 heteroatoms. The summed E-state index contributed by atoms with van der Waals surface area (Å²) in [5.74, 6) is 0. The molecule has 2 aliphatic carbocycles. The van der Waals surface area contributed by atoms with Gasteiger partial charge in [-0.25, -0.2) is 0 Å². The molecule has 8 aromatic rings. The van der Waals surface area contributed by atoms with E-state index in [2.05, 4.69) is 255 Å². The number of hydrogen-bond acceptors (Lipinski definition) is 4. The van der Waals surface area contributed by atoms with E-state index in [1.165, 1.54) is 265 Å². The van der Waals surface area contributed by atoms with Gasteiger partial charge < -0.3 is 18.6 Å². The van der Waals surface area contributed by atoms with Crippen molar-refractivity contribution in [3.63, 3.8) is 0 Å². The monoisotopic (exact) mass is 1480 g/mol. The molecule has 2 aliphatic heterocycles. The Kier molecular flexibility index (Phi) is 28.6. The molecule has 0 bridgehead atoms. The predicted molar refractivity (Wildman–Crippen MR) is 473 cm³/mol. The summed E-state index contributed by atoms with van der Waals surface area (Å²) in [5, 5.41) is 0. The van der Waals surface area contributed by atoms with Crippen LogP contribution in [0, 0.1) is 0 Å². The zero-order valence-electron chi connectivity index (χ0n) is 71.3. The Balaban J connectivity index is 0.989. The fourth-order valence-corrected chi connectivity index (χ4v) is 18.9. The van der Waals surface area contributed by atoms with Crippen molar-refractivity contribution in [2.24, 2.45) is 0 Å². The van der Waals surface area contributed by atoms with Crippen molar-refractivity contribution in [3.05, 3.63) is 224 Å². The van der Waals surface area contributed by atoms with Crippen LogP contribution in [0.25, 0.3) is 44.5 Å². The Labute approximate surface area is 669 Å². The van der Waals surface area contributed by atoms with Crippen molar-refractivity contribution in [1.29, 1.82) is 0 Å². The summed E-state index contributed by atoms with van der Waals surface area (Å²) in [7, 11) is -0.988. The van der Waals surface area contributed by atoms with Gasteiger partial charge in [0.05, 0.1) is 22.4 Å². The number of aryl methyl sites for hydroxylation is 6. The van der Waals surface area contributed by atoms with E-state index in [0.717, 1.165) is 88.0 Å². The largest absolute Gasteiger partial charge is 0.494 e. The summed E-state index contributed by atoms with van der Waals surface area (Å²) in [6.45, 7) is 31.5. The molecule has 0 spiro atoms. The minimum atomic E-state index is -0.496. The van der Waals surface area contributed by atoms with Gasteiger partial charge in [0.25, 0.3) is 0 Å². The van der Waals surface area contributed by atoms with E-state index in [9.17, 15) is 0 Å². The normalized spacial score (nSPS) is 16.6. The van der Waals surface area contributed by atoms with E-state index in [-0.39, 0.29) is 0 Å². The second-order valence-corrected chi connectivity index (χ2v) is 36.4. The summed E-state index contributed by atoms with van der Waals surface area (Å²) >= 11 is 0. The third-order valence-corrected chi connectivity index (χ3v) is 27.0. The van der Waals surface area contributed by atoms with E-state index >= 15 is 0 Å². The molecule has 0 unspecified atom stereocenters. The average molecular weight is 1480 g/mol. The van der Waals surface area contributed by atoms with Crippen LogP contribution in [0.15, 0.2) is 158 Å². The van der Waals surface area contributed by atoms with Crippen molar-refractivity contribution in [3.8, 4) is 44.5 Å². The maximum Gasteiger partial charge on any atom is 0.494 e. The van der Waals surface area contributed by atoms with Crippen LogP contribution in [0.4, 0.5) is 0 Å². The van der Waals surface area contributed by atoms with Crippen molar-refractivity contribution in [1.82, 2.24) is 0 Å². The molecule has 4 nitrogen and oxygen atoms in total. The minimum Gasteiger partial charge on any atom is -0.399 e. The van der Waals surface area contributed by atoms with Crippen LogP contribution in [-0.4, -0.2) is 36.6 Å². The molecule has 8 aromatic carbocycles. The number of fused-ring (bicyclic) bond motifs is 6. The molecule has 110 heavy (non-hydrogen) atoms. The molecule has 4 aliphatic rings. The Bertz CT molecular complexity index is 4000. The van der Waals surface area contributed by atoms with Gasteiger partial charge in [0.2, 0.25) is 0 Å². The lowest BCUT2D eigenvalue weighted by Crippen LogP contribution is -2.41. The highest BCUT2D eigenvalue weighted by molar-refractivity contribution is 6.62. The van der Waals surface area contributed by atoms with Crippen LogP contribution < -0.4 is 10.9 Å². The molecular formula is C104H140B2O4. The lowest BCUT2D eigenvalue weighted by molar-refractivity contribution is 0.00578. The first-order chi connectivity index (χ1) is 53.2. The van der Waals surface area contributed by atoms with E-state index in [1.54, 1.807) is 0 Å². The third-order valence-electron chi connectivity index (χ3n) is 27.0. The molecule has 2 heterocycles.